The van der Waals surface area contributed by atoms with Gasteiger partial charge in [0.1, 0.15) is 0 Å². The third kappa shape index (κ3) is 4.74. The fourth-order valence-corrected chi connectivity index (χ4v) is 3.17. The molecule has 1 aromatic carbocycles. The lowest BCUT2D eigenvalue weighted by molar-refractivity contribution is -0.117. The van der Waals surface area contributed by atoms with Crippen LogP contribution in [0.1, 0.15) is 11.1 Å². The molecule has 3 aromatic rings. The molecule has 0 radical (unpaired) electrons. The number of pyridine rings is 1. The largest absolute Gasteiger partial charge is 0.325 e. The van der Waals surface area contributed by atoms with Crippen LogP contribution in [0.15, 0.2) is 47.9 Å². The predicted molar refractivity (Wildman–Crippen MR) is 108 cm³/mol. The first-order valence-corrected chi connectivity index (χ1v) is 9.53. The van der Waals surface area contributed by atoms with Gasteiger partial charge in [0.2, 0.25) is 5.91 Å². The predicted octanol–water partition coefficient (Wildman–Crippen LogP) is 2.93. The second-order valence-electron chi connectivity index (χ2n) is 6.20. The van der Waals surface area contributed by atoms with Crippen molar-refractivity contribution in [2.45, 2.75) is 19.0 Å². The van der Waals surface area contributed by atoms with E-state index in [4.69, 9.17) is 0 Å². The number of carbonyl (C=O) groups excluding carboxylic acids is 2. The molecule has 0 aliphatic rings. The Bertz CT molecular complexity index is 1000. The van der Waals surface area contributed by atoms with Gasteiger partial charge in [-0.3, -0.25) is 15.1 Å². The fourth-order valence-electron chi connectivity index (χ4n) is 2.46. The summed E-state index contributed by atoms with van der Waals surface area (Å²) < 4.78 is 1.78. The summed E-state index contributed by atoms with van der Waals surface area (Å²) >= 11 is 1.20. The number of urea groups is 1. The van der Waals surface area contributed by atoms with Crippen molar-refractivity contribution in [1.29, 1.82) is 0 Å². The molecular weight excluding hydrogens is 376 g/mol. The standard InChI is InChI=1S/C19H20N6O2S/c1-12-6-7-15(9-13(12)2)21-18(27)22-16(26)11-28-19-24-23-17(25(19)3)14-5-4-8-20-10-14/h4-10H,11H2,1-3H3,(H2,21,22,26,27). The first kappa shape index (κ1) is 19.6. The number of rotatable bonds is 5. The highest BCUT2D eigenvalue weighted by Crippen LogP contribution is 2.21. The number of hydrogen-bond donors (Lipinski definition) is 2. The van der Waals surface area contributed by atoms with Crippen LogP contribution in [0.4, 0.5) is 10.5 Å². The molecular formula is C19H20N6O2S. The van der Waals surface area contributed by atoms with Gasteiger partial charge < -0.3 is 9.88 Å². The van der Waals surface area contributed by atoms with E-state index in [-0.39, 0.29) is 5.75 Å². The van der Waals surface area contributed by atoms with Gasteiger partial charge in [-0.1, -0.05) is 17.8 Å². The van der Waals surface area contributed by atoms with Crippen LogP contribution in [0.5, 0.6) is 0 Å². The van der Waals surface area contributed by atoms with Crippen LogP contribution in [0.3, 0.4) is 0 Å². The highest BCUT2D eigenvalue weighted by Gasteiger charge is 2.14. The van der Waals surface area contributed by atoms with Gasteiger partial charge >= 0.3 is 6.03 Å². The lowest BCUT2D eigenvalue weighted by Gasteiger charge is -2.08. The Labute approximate surface area is 166 Å². The maximum absolute atomic E-state index is 12.1. The molecule has 0 aliphatic heterocycles. The van der Waals surface area contributed by atoms with Crippen LogP contribution in [-0.4, -0.2) is 37.4 Å². The number of amides is 3. The van der Waals surface area contributed by atoms with E-state index in [9.17, 15) is 9.59 Å². The number of hydrogen-bond acceptors (Lipinski definition) is 6. The molecule has 0 saturated heterocycles. The van der Waals surface area contributed by atoms with Gasteiger partial charge in [0.25, 0.3) is 0 Å². The summed E-state index contributed by atoms with van der Waals surface area (Å²) in [6, 6.07) is 8.70. The van der Waals surface area contributed by atoms with E-state index < -0.39 is 11.9 Å². The Hall–Kier alpha value is -3.20. The van der Waals surface area contributed by atoms with E-state index in [2.05, 4.69) is 25.8 Å². The molecule has 3 rings (SSSR count). The average molecular weight is 396 g/mol. The summed E-state index contributed by atoms with van der Waals surface area (Å²) in [6.07, 6.45) is 3.38. The van der Waals surface area contributed by atoms with Crippen LogP contribution in [0.25, 0.3) is 11.4 Å². The molecule has 28 heavy (non-hydrogen) atoms. The van der Waals surface area contributed by atoms with E-state index in [1.807, 2.05) is 45.2 Å². The first-order valence-electron chi connectivity index (χ1n) is 8.54. The molecule has 0 fully saturated rings. The minimum Gasteiger partial charge on any atom is -0.308 e. The van der Waals surface area contributed by atoms with Gasteiger partial charge in [-0.15, -0.1) is 10.2 Å². The summed E-state index contributed by atoms with van der Waals surface area (Å²) in [7, 11) is 1.81. The summed E-state index contributed by atoms with van der Waals surface area (Å²) in [4.78, 5) is 28.1. The summed E-state index contributed by atoms with van der Waals surface area (Å²) in [5.74, 6) is 0.278. The Kier molecular flexibility index (Phi) is 6.05. The fraction of sp³-hybridized carbons (Fsp3) is 0.211. The molecule has 0 aliphatic carbocycles. The molecule has 2 heterocycles. The van der Waals surface area contributed by atoms with E-state index in [1.165, 1.54) is 11.8 Å². The zero-order chi connectivity index (χ0) is 20.1. The van der Waals surface area contributed by atoms with Crippen LogP contribution in [0, 0.1) is 13.8 Å². The number of aryl methyl sites for hydroxylation is 2. The third-order valence-corrected chi connectivity index (χ3v) is 5.12. The minimum atomic E-state index is -0.567. The Balaban J connectivity index is 1.53. The topological polar surface area (TPSA) is 102 Å². The van der Waals surface area contributed by atoms with E-state index in [1.54, 1.807) is 23.0 Å². The average Bonchev–Trinajstić information content (AvgIpc) is 3.04. The zero-order valence-corrected chi connectivity index (χ0v) is 16.6. The molecule has 9 heteroatoms. The van der Waals surface area contributed by atoms with Crippen LogP contribution in [-0.2, 0) is 11.8 Å². The monoisotopic (exact) mass is 396 g/mol. The molecule has 0 atom stereocenters. The van der Waals surface area contributed by atoms with Gasteiger partial charge in [-0.05, 0) is 49.2 Å². The van der Waals surface area contributed by atoms with Crippen molar-refractivity contribution in [1.82, 2.24) is 25.1 Å². The molecule has 2 N–H and O–H groups in total. The minimum absolute atomic E-state index is 0.0410. The van der Waals surface area contributed by atoms with Gasteiger partial charge in [0.05, 0.1) is 5.75 Å². The number of nitrogens with one attached hydrogen (secondary N) is 2. The molecule has 0 unspecified atom stereocenters. The number of anilines is 1. The number of carbonyl (C=O) groups is 2. The van der Waals surface area contributed by atoms with E-state index in [0.29, 0.717) is 16.7 Å². The molecule has 0 spiro atoms. The quantitative estimate of drug-likeness (QED) is 0.643. The zero-order valence-electron chi connectivity index (χ0n) is 15.8. The van der Waals surface area contributed by atoms with Crippen molar-refractivity contribution < 1.29 is 9.59 Å². The van der Waals surface area contributed by atoms with Crippen LogP contribution >= 0.6 is 11.8 Å². The van der Waals surface area contributed by atoms with Gasteiger partial charge in [0.15, 0.2) is 11.0 Å². The Morgan fingerprint density at radius 2 is 1.96 bits per heavy atom. The second kappa shape index (κ2) is 8.66. The van der Waals surface area contributed by atoms with Crippen molar-refractivity contribution in [3.05, 3.63) is 53.9 Å². The van der Waals surface area contributed by atoms with Crippen molar-refractivity contribution in [3.8, 4) is 11.4 Å². The summed E-state index contributed by atoms with van der Waals surface area (Å²) in [6.45, 7) is 3.95. The number of aromatic nitrogens is 4. The van der Waals surface area contributed by atoms with Gasteiger partial charge in [0, 0.05) is 30.7 Å². The highest BCUT2D eigenvalue weighted by atomic mass is 32.2. The third-order valence-electron chi connectivity index (χ3n) is 4.10. The molecule has 3 amide bonds. The van der Waals surface area contributed by atoms with Crippen molar-refractivity contribution in [2.75, 3.05) is 11.1 Å². The highest BCUT2D eigenvalue weighted by molar-refractivity contribution is 7.99. The summed E-state index contributed by atoms with van der Waals surface area (Å²) in [5, 5.41) is 13.8. The lowest BCUT2D eigenvalue weighted by Crippen LogP contribution is -2.35. The summed E-state index contributed by atoms with van der Waals surface area (Å²) in [5.41, 5.74) is 3.66. The van der Waals surface area contributed by atoms with Crippen molar-refractivity contribution in [2.24, 2.45) is 7.05 Å². The number of imide groups is 1. The normalized spacial score (nSPS) is 10.5. The molecule has 2 aromatic heterocycles. The Morgan fingerprint density at radius 1 is 1.14 bits per heavy atom. The van der Waals surface area contributed by atoms with E-state index in [0.717, 1.165) is 16.7 Å². The maximum atomic E-state index is 12.1. The Morgan fingerprint density at radius 3 is 2.68 bits per heavy atom. The van der Waals surface area contributed by atoms with Crippen molar-refractivity contribution >= 4 is 29.4 Å². The SMILES string of the molecule is Cc1ccc(NC(=O)NC(=O)CSc2nnc(-c3cccnc3)n2C)cc1C. The molecule has 8 nitrogen and oxygen atoms in total. The number of thioether (sulfide) groups is 1. The molecule has 0 saturated carbocycles. The number of nitrogens with zero attached hydrogens (tertiary/aromatic N) is 4. The van der Waals surface area contributed by atoms with Crippen LogP contribution < -0.4 is 10.6 Å². The van der Waals surface area contributed by atoms with Gasteiger partial charge in [-0.2, -0.15) is 0 Å². The smallest absolute Gasteiger partial charge is 0.308 e. The first-order chi connectivity index (χ1) is 13.4. The van der Waals surface area contributed by atoms with Crippen LogP contribution in [0.2, 0.25) is 0 Å². The number of benzene rings is 1. The van der Waals surface area contributed by atoms with Gasteiger partial charge in [-0.25, -0.2) is 4.79 Å². The lowest BCUT2D eigenvalue weighted by atomic mass is 10.1. The van der Waals surface area contributed by atoms with Crippen molar-refractivity contribution in [3.63, 3.8) is 0 Å². The van der Waals surface area contributed by atoms with E-state index >= 15 is 0 Å². The maximum Gasteiger partial charge on any atom is 0.325 e. The second-order valence-corrected chi connectivity index (χ2v) is 7.14. The molecule has 0 bridgehead atoms. The molecule has 144 valence electrons.